The van der Waals surface area contributed by atoms with E-state index in [-0.39, 0.29) is 17.7 Å². The SMILES string of the molecule is CC(C)(C)CS(=O)(=O)Nc1cccc(C#CCN)c1. The molecule has 0 spiro atoms. The van der Waals surface area contributed by atoms with Crippen molar-refractivity contribution < 1.29 is 8.42 Å². The molecule has 0 atom stereocenters. The lowest BCUT2D eigenvalue weighted by Crippen LogP contribution is -2.26. The Morgan fingerprint density at radius 3 is 2.58 bits per heavy atom. The fourth-order valence-electron chi connectivity index (χ4n) is 1.60. The van der Waals surface area contributed by atoms with E-state index in [1.165, 1.54) is 0 Å². The predicted octanol–water partition coefficient (Wildman–Crippen LogP) is 1.78. The van der Waals surface area contributed by atoms with Gasteiger partial charge in [-0.25, -0.2) is 8.42 Å². The summed E-state index contributed by atoms with van der Waals surface area (Å²) in [5, 5.41) is 0. The summed E-state index contributed by atoms with van der Waals surface area (Å²) in [6.07, 6.45) is 0. The second-order valence-corrected chi connectivity index (χ2v) is 7.23. The van der Waals surface area contributed by atoms with Crippen LogP contribution in [0.2, 0.25) is 0 Å². The summed E-state index contributed by atoms with van der Waals surface area (Å²) in [6.45, 7) is 5.93. The lowest BCUT2D eigenvalue weighted by Gasteiger charge is -2.18. The van der Waals surface area contributed by atoms with Crippen molar-refractivity contribution in [3.05, 3.63) is 29.8 Å². The van der Waals surface area contributed by atoms with Gasteiger partial charge in [0.15, 0.2) is 0 Å². The average Bonchev–Trinajstić information content (AvgIpc) is 2.22. The van der Waals surface area contributed by atoms with Crippen LogP contribution in [0.3, 0.4) is 0 Å². The maximum absolute atomic E-state index is 12.0. The Hall–Kier alpha value is -1.51. The van der Waals surface area contributed by atoms with E-state index in [2.05, 4.69) is 16.6 Å². The van der Waals surface area contributed by atoms with Crippen LogP contribution in [0.25, 0.3) is 0 Å². The third kappa shape index (κ3) is 6.27. The Bertz CT molecular complexity index is 590. The molecule has 0 aliphatic carbocycles. The van der Waals surface area contributed by atoms with Gasteiger partial charge in [0.05, 0.1) is 12.3 Å². The Balaban J connectivity index is 2.88. The molecular formula is C14H20N2O2S. The first-order chi connectivity index (χ1) is 8.72. The molecule has 104 valence electrons. The summed E-state index contributed by atoms with van der Waals surface area (Å²) in [4.78, 5) is 0. The highest BCUT2D eigenvalue weighted by molar-refractivity contribution is 7.92. The molecule has 5 heteroatoms. The highest BCUT2D eigenvalue weighted by Gasteiger charge is 2.21. The zero-order chi connectivity index (χ0) is 14.5. The van der Waals surface area contributed by atoms with Crippen LogP contribution >= 0.6 is 0 Å². The van der Waals surface area contributed by atoms with E-state index in [0.717, 1.165) is 5.56 Å². The molecule has 0 fully saturated rings. The molecule has 0 aliphatic heterocycles. The van der Waals surface area contributed by atoms with Gasteiger partial charge >= 0.3 is 0 Å². The summed E-state index contributed by atoms with van der Waals surface area (Å²) in [6, 6.07) is 6.97. The molecule has 1 aromatic carbocycles. The first-order valence-electron chi connectivity index (χ1n) is 6.01. The number of sulfonamides is 1. The smallest absolute Gasteiger partial charge is 0.233 e. The molecule has 0 aliphatic rings. The molecule has 0 unspecified atom stereocenters. The van der Waals surface area contributed by atoms with Crippen LogP contribution in [0.5, 0.6) is 0 Å². The second-order valence-electron chi connectivity index (χ2n) is 5.51. The minimum Gasteiger partial charge on any atom is -0.320 e. The van der Waals surface area contributed by atoms with Gasteiger partial charge in [-0.05, 0) is 23.6 Å². The first kappa shape index (κ1) is 15.5. The van der Waals surface area contributed by atoms with Crippen LogP contribution in [-0.4, -0.2) is 20.7 Å². The Morgan fingerprint density at radius 1 is 1.32 bits per heavy atom. The van der Waals surface area contributed by atoms with Crippen molar-refractivity contribution in [2.24, 2.45) is 11.1 Å². The van der Waals surface area contributed by atoms with Gasteiger partial charge < -0.3 is 5.73 Å². The van der Waals surface area contributed by atoms with E-state index in [9.17, 15) is 8.42 Å². The quantitative estimate of drug-likeness (QED) is 0.829. The maximum atomic E-state index is 12.0. The minimum atomic E-state index is -3.35. The lowest BCUT2D eigenvalue weighted by atomic mass is 10.0. The number of anilines is 1. The van der Waals surface area contributed by atoms with Crippen LogP contribution in [-0.2, 0) is 10.0 Å². The van der Waals surface area contributed by atoms with Crippen molar-refractivity contribution in [1.29, 1.82) is 0 Å². The average molecular weight is 280 g/mol. The monoisotopic (exact) mass is 280 g/mol. The third-order valence-corrected chi connectivity index (χ3v) is 3.89. The molecule has 0 saturated heterocycles. The molecule has 3 N–H and O–H groups in total. The van der Waals surface area contributed by atoms with Crippen LogP contribution in [0, 0.1) is 17.3 Å². The van der Waals surface area contributed by atoms with E-state index in [4.69, 9.17) is 5.73 Å². The van der Waals surface area contributed by atoms with Crippen LogP contribution < -0.4 is 10.5 Å². The standard InChI is InChI=1S/C14H20N2O2S/c1-14(2,3)11-19(17,18)16-13-8-4-6-12(10-13)7-5-9-15/h4,6,8,10,16H,9,11,15H2,1-3H3. The van der Waals surface area contributed by atoms with Crippen molar-refractivity contribution in [1.82, 2.24) is 0 Å². The van der Waals surface area contributed by atoms with E-state index >= 15 is 0 Å². The van der Waals surface area contributed by atoms with Crippen molar-refractivity contribution in [2.45, 2.75) is 20.8 Å². The molecule has 0 bridgehead atoms. The Morgan fingerprint density at radius 2 is 2.00 bits per heavy atom. The zero-order valence-corrected chi connectivity index (χ0v) is 12.3. The number of rotatable bonds is 3. The number of nitrogens with one attached hydrogen (secondary N) is 1. The molecule has 0 saturated carbocycles. The van der Waals surface area contributed by atoms with Crippen molar-refractivity contribution >= 4 is 15.7 Å². The second kappa shape index (κ2) is 6.09. The number of hydrogen-bond donors (Lipinski definition) is 2. The molecule has 1 aromatic rings. The summed E-state index contributed by atoms with van der Waals surface area (Å²) in [5.41, 5.74) is 6.27. The van der Waals surface area contributed by atoms with Gasteiger partial charge in [-0.3, -0.25) is 4.72 Å². The van der Waals surface area contributed by atoms with Gasteiger partial charge in [-0.15, -0.1) is 0 Å². The first-order valence-corrected chi connectivity index (χ1v) is 7.67. The number of hydrogen-bond acceptors (Lipinski definition) is 3. The predicted molar refractivity (Wildman–Crippen MR) is 79.2 cm³/mol. The van der Waals surface area contributed by atoms with Crippen LogP contribution in [0.1, 0.15) is 26.3 Å². The summed E-state index contributed by atoms with van der Waals surface area (Å²) < 4.78 is 26.5. The van der Waals surface area contributed by atoms with Gasteiger partial charge in [0.2, 0.25) is 10.0 Å². The molecule has 4 nitrogen and oxygen atoms in total. The van der Waals surface area contributed by atoms with E-state index in [1.54, 1.807) is 18.2 Å². The Labute approximate surface area is 115 Å². The summed E-state index contributed by atoms with van der Waals surface area (Å²) in [5.74, 6) is 5.67. The molecule has 0 amide bonds. The highest BCUT2D eigenvalue weighted by Crippen LogP contribution is 2.19. The van der Waals surface area contributed by atoms with E-state index in [0.29, 0.717) is 5.69 Å². The van der Waals surface area contributed by atoms with Crippen molar-refractivity contribution in [3.63, 3.8) is 0 Å². The summed E-state index contributed by atoms with van der Waals surface area (Å²) in [7, 11) is -3.35. The summed E-state index contributed by atoms with van der Waals surface area (Å²) >= 11 is 0. The highest BCUT2D eigenvalue weighted by atomic mass is 32.2. The molecule has 0 radical (unpaired) electrons. The molecular weight excluding hydrogens is 260 g/mol. The Kier molecular flexibility index (Phi) is 4.98. The third-order valence-electron chi connectivity index (χ3n) is 2.09. The number of benzene rings is 1. The molecule has 0 aromatic heterocycles. The van der Waals surface area contributed by atoms with Gasteiger partial charge in [0, 0.05) is 11.3 Å². The van der Waals surface area contributed by atoms with Gasteiger partial charge in [-0.2, -0.15) is 0 Å². The van der Waals surface area contributed by atoms with Gasteiger partial charge in [0.1, 0.15) is 0 Å². The van der Waals surface area contributed by atoms with Crippen molar-refractivity contribution in [2.75, 3.05) is 17.0 Å². The van der Waals surface area contributed by atoms with Crippen LogP contribution in [0.15, 0.2) is 24.3 Å². The zero-order valence-electron chi connectivity index (χ0n) is 11.5. The maximum Gasteiger partial charge on any atom is 0.233 e. The normalized spacial score (nSPS) is 11.6. The van der Waals surface area contributed by atoms with E-state index in [1.807, 2.05) is 26.8 Å². The fourth-order valence-corrected chi connectivity index (χ4v) is 3.30. The van der Waals surface area contributed by atoms with Crippen LogP contribution in [0.4, 0.5) is 5.69 Å². The fraction of sp³-hybridized carbons (Fsp3) is 0.429. The molecule has 0 heterocycles. The van der Waals surface area contributed by atoms with Crippen molar-refractivity contribution in [3.8, 4) is 11.8 Å². The topological polar surface area (TPSA) is 72.2 Å². The van der Waals surface area contributed by atoms with Gasteiger partial charge in [0.25, 0.3) is 0 Å². The lowest BCUT2D eigenvalue weighted by molar-refractivity contribution is 0.463. The number of nitrogens with two attached hydrogens (primary N) is 1. The molecule has 19 heavy (non-hydrogen) atoms. The van der Waals surface area contributed by atoms with E-state index < -0.39 is 10.0 Å². The minimum absolute atomic E-state index is 0.0682. The largest absolute Gasteiger partial charge is 0.320 e. The molecule has 1 rings (SSSR count). The van der Waals surface area contributed by atoms with Gasteiger partial charge in [-0.1, -0.05) is 38.7 Å².